The lowest BCUT2D eigenvalue weighted by molar-refractivity contribution is -0.385. The number of aliphatic hydroxyl groups is 1. The number of nitrogens with one attached hydrogen (secondary N) is 1. The number of rotatable bonds is 6. The minimum absolute atomic E-state index is 0.128. The van der Waals surface area contributed by atoms with E-state index in [4.69, 9.17) is 4.42 Å². The van der Waals surface area contributed by atoms with E-state index in [9.17, 15) is 20.0 Å². The molecule has 7 nitrogen and oxygen atoms in total. The van der Waals surface area contributed by atoms with Crippen LogP contribution in [-0.4, -0.2) is 22.5 Å². The van der Waals surface area contributed by atoms with Crippen LogP contribution in [0.1, 0.15) is 26.6 Å². The fourth-order valence-electron chi connectivity index (χ4n) is 2.69. The van der Waals surface area contributed by atoms with Gasteiger partial charge in [-0.25, -0.2) is 0 Å². The van der Waals surface area contributed by atoms with Gasteiger partial charge in [0.2, 0.25) is 0 Å². The number of benzene rings is 1. The molecule has 2 heterocycles. The second-order valence-corrected chi connectivity index (χ2v) is 6.65. The van der Waals surface area contributed by atoms with Gasteiger partial charge >= 0.3 is 0 Å². The Morgan fingerprint density at radius 2 is 2.12 bits per heavy atom. The average Bonchev–Trinajstić information content (AvgIpc) is 3.32. The van der Waals surface area contributed by atoms with Crippen LogP contribution >= 0.6 is 11.3 Å². The zero-order valence-electron chi connectivity index (χ0n) is 13.8. The Kier molecular flexibility index (Phi) is 4.88. The van der Waals surface area contributed by atoms with E-state index in [1.165, 1.54) is 42.7 Å². The van der Waals surface area contributed by atoms with Crippen molar-refractivity contribution in [3.8, 4) is 0 Å². The number of hydrogen-bond acceptors (Lipinski definition) is 6. The third kappa shape index (κ3) is 3.24. The highest BCUT2D eigenvalue weighted by Gasteiger charge is 2.36. The molecule has 3 aromatic rings. The molecule has 0 fully saturated rings. The maximum absolute atomic E-state index is 12.6. The van der Waals surface area contributed by atoms with Crippen LogP contribution in [0.5, 0.6) is 0 Å². The summed E-state index contributed by atoms with van der Waals surface area (Å²) < 4.78 is 5.35. The number of carbonyl (C=O) groups is 1. The highest BCUT2D eigenvalue weighted by molar-refractivity contribution is 7.10. The smallest absolute Gasteiger partial charge is 0.273 e. The zero-order valence-corrected chi connectivity index (χ0v) is 14.7. The molecule has 1 unspecified atom stereocenters. The third-order valence-electron chi connectivity index (χ3n) is 4.11. The lowest BCUT2D eigenvalue weighted by atomic mass is 9.98. The topological polar surface area (TPSA) is 106 Å². The molecular weight excluding hydrogens is 356 g/mol. The summed E-state index contributed by atoms with van der Waals surface area (Å²) in [6, 6.07) is 11.1. The number of nitro benzene ring substituents is 1. The number of carbonyl (C=O) groups excluding carboxylic acids is 1. The summed E-state index contributed by atoms with van der Waals surface area (Å²) in [6.45, 7) is 1.38. The molecule has 8 heteroatoms. The fourth-order valence-corrected chi connectivity index (χ4v) is 3.52. The first-order chi connectivity index (χ1) is 12.4. The summed E-state index contributed by atoms with van der Waals surface area (Å²) in [5.41, 5.74) is -1.20. The van der Waals surface area contributed by atoms with Crippen molar-refractivity contribution in [2.24, 2.45) is 0 Å². The predicted octanol–water partition coefficient (Wildman–Crippen LogP) is 3.22. The van der Waals surface area contributed by atoms with Crippen LogP contribution < -0.4 is 5.32 Å². The Bertz CT molecular complexity index is 885. The van der Waals surface area contributed by atoms with Crippen molar-refractivity contribution >= 4 is 22.9 Å². The van der Waals surface area contributed by atoms with Gasteiger partial charge in [-0.15, -0.1) is 11.3 Å². The number of amides is 1. The summed E-state index contributed by atoms with van der Waals surface area (Å²) in [6.07, 6.45) is 1.44. The first kappa shape index (κ1) is 17.8. The number of nitro groups is 1. The van der Waals surface area contributed by atoms with Crippen molar-refractivity contribution in [1.82, 2.24) is 5.32 Å². The van der Waals surface area contributed by atoms with Crippen LogP contribution in [-0.2, 0) is 5.60 Å². The molecule has 0 aliphatic heterocycles. The molecule has 0 saturated heterocycles. The number of hydrogen-bond donors (Lipinski definition) is 2. The first-order valence-electron chi connectivity index (χ1n) is 7.76. The Hall–Kier alpha value is -2.97. The van der Waals surface area contributed by atoms with Crippen LogP contribution in [0.25, 0.3) is 0 Å². The monoisotopic (exact) mass is 372 g/mol. The van der Waals surface area contributed by atoms with Crippen LogP contribution in [0.15, 0.2) is 58.5 Å². The molecule has 0 aliphatic rings. The summed E-state index contributed by atoms with van der Waals surface area (Å²) in [5, 5.41) is 26.7. The lowest BCUT2D eigenvalue weighted by Gasteiger charge is -2.25. The standard InChI is InChI=1S/C18H16N2O5S/c1-12-13(5-2-6-14(12)20(23)24)17(21)19-11-18(22,15-7-3-9-25-15)16-8-4-10-26-16/h2-10,22H,11H2,1H3,(H,19,21). The molecule has 1 aromatic carbocycles. The molecule has 134 valence electrons. The van der Waals surface area contributed by atoms with Crippen LogP contribution in [0.3, 0.4) is 0 Å². The molecule has 1 amide bonds. The Labute approximate surface area is 153 Å². The number of furan rings is 1. The van der Waals surface area contributed by atoms with Gasteiger partial charge in [0.25, 0.3) is 11.6 Å². The van der Waals surface area contributed by atoms with Crippen molar-refractivity contribution in [3.05, 3.63) is 86.0 Å². The molecule has 0 saturated carbocycles. The molecule has 0 aliphatic carbocycles. The number of thiophene rings is 1. The first-order valence-corrected chi connectivity index (χ1v) is 8.64. The molecule has 2 aromatic heterocycles. The lowest BCUT2D eigenvalue weighted by Crippen LogP contribution is -2.41. The molecule has 1 atom stereocenters. The van der Waals surface area contributed by atoms with E-state index in [2.05, 4.69) is 5.32 Å². The minimum Gasteiger partial charge on any atom is -0.466 e. The third-order valence-corrected chi connectivity index (χ3v) is 5.13. The van der Waals surface area contributed by atoms with Gasteiger partial charge in [0, 0.05) is 22.1 Å². The molecule has 2 N–H and O–H groups in total. The molecular formula is C18H16N2O5S. The van der Waals surface area contributed by atoms with Crippen molar-refractivity contribution in [2.45, 2.75) is 12.5 Å². The molecule has 0 bridgehead atoms. The predicted molar refractivity (Wildman–Crippen MR) is 96.2 cm³/mol. The SMILES string of the molecule is Cc1c(C(=O)NCC(O)(c2ccco2)c2cccs2)cccc1[N+](=O)[O-]. The minimum atomic E-state index is -1.53. The summed E-state index contributed by atoms with van der Waals surface area (Å²) in [5.74, 6) is -0.205. The van der Waals surface area contributed by atoms with E-state index in [0.29, 0.717) is 10.6 Å². The molecule has 3 rings (SSSR count). The number of nitrogens with zero attached hydrogens (tertiary/aromatic N) is 1. The summed E-state index contributed by atoms with van der Waals surface area (Å²) in [7, 11) is 0. The van der Waals surface area contributed by atoms with Crippen LogP contribution in [0, 0.1) is 17.0 Å². The van der Waals surface area contributed by atoms with Gasteiger partial charge in [-0.1, -0.05) is 12.1 Å². The summed E-state index contributed by atoms with van der Waals surface area (Å²) in [4.78, 5) is 23.7. The second kappa shape index (κ2) is 7.11. The normalized spacial score (nSPS) is 13.2. The van der Waals surface area contributed by atoms with E-state index < -0.39 is 16.4 Å². The fraction of sp³-hybridized carbons (Fsp3) is 0.167. The highest BCUT2D eigenvalue weighted by atomic mass is 32.1. The van der Waals surface area contributed by atoms with E-state index in [1.807, 2.05) is 5.38 Å². The van der Waals surface area contributed by atoms with Gasteiger partial charge in [0.05, 0.1) is 17.7 Å². The van der Waals surface area contributed by atoms with Crippen LogP contribution in [0.4, 0.5) is 5.69 Å². The maximum atomic E-state index is 12.6. The maximum Gasteiger partial charge on any atom is 0.273 e. The van der Waals surface area contributed by atoms with E-state index in [0.717, 1.165) is 0 Å². The van der Waals surface area contributed by atoms with Crippen molar-refractivity contribution in [1.29, 1.82) is 0 Å². The zero-order chi connectivity index (χ0) is 18.7. The van der Waals surface area contributed by atoms with E-state index >= 15 is 0 Å². The van der Waals surface area contributed by atoms with Gasteiger partial charge in [0.1, 0.15) is 5.76 Å². The Morgan fingerprint density at radius 3 is 2.73 bits per heavy atom. The second-order valence-electron chi connectivity index (χ2n) is 5.70. The van der Waals surface area contributed by atoms with Crippen molar-refractivity contribution in [3.63, 3.8) is 0 Å². The Morgan fingerprint density at radius 1 is 1.31 bits per heavy atom. The molecule has 26 heavy (non-hydrogen) atoms. The van der Waals surface area contributed by atoms with Crippen molar-refractivity contribution < 1.29 is 19.2 Å². The summed E-state index contributed by atoms with van der Waals surface area (Å²) >= 11 is 1.33. The Balaban J connectivity index is 1.86. The molecule has 0 radical (unpaired) electrons. The highest BCUT2D eigenvalue weighted by Crippen LogP contribution is 2.32. The van der Waals surface area contributed by atoms with Crippen LogP contribution in [0.2, 0.25) is 0 Å². The van der Waals surface area contributed by atoms with Gasteiger partial charge in [-0.3, -0.25) is 14.9 Å². The largest absolute Gasteiger partial charge is 0.466 e. The van der Waals surface area contributed by atoms with Gasteiger partial charge in [-0.2, -0.15) is 0 Å². The van der Waals surface area contributed by atoms with Gasteiger partial charge in [-0.05, 0) is 36.6 Å². The quantitative estimate of drug-likeness (QED) is 0.510. The average molecular weight is 372 g/mol. The van der Waals surface area contributed by atoms with Gasteiger partial charge in [0.15, 0.2) is 5.60 Å². The van der Waals surface area contributed by atoms with E-state index in [1.54, 1.807) is 24.3 Å². The van der Waals surface area contributed by atoms with E-state index in [-0.39, 0.29) is 23.4 Å². The van der Waals surface area contributed by atoms with Gasteiger partial charge < -0.3 is 14.8 Å². The van der Waals surface area contributed by atoms with Crippen molar-refractivity contribution in [2.75, 3.05) is 6.54 Å². The molecule has 0 spiro atoms.